The van der Waals surface area contributed by atoms with Crippen LogP contribution >= 0.6 is 0 Å². The Kier molecular flexibility index (Phi) is 3.83. The molecule has 1 aliphatic heterocycles. The lowest BCUT2D eigenvalue weighted by molar-refractivity contribution is -0.385. The van der Waals surface area contributed by atoms with Gasteiger partial charge in [0.05, 0.1) is 4.92 Å². The van der Waals surface area contributed by atoms with Crippen LogP contribution < -0.4 is 0 Å². The number of nitro benzene ring substituents is 1. The van der Waals surface area contributed by atoms with Crippen molar-refractivity contribution in [2.45, 2.75) is 45.2 Å². The highest BCUT2D eigenvalue weighted by Gasteiger charge is 2.32. The van der Waals surface area contributed by atoms with E-state index in [0.717, 1.165) is 19.3 Å². The summed E-state index contributed by atoms with van der Waals surface area (Å²) in [5, 5.41) is 11.0. The van der Waals surface area contributed by atoms with Gasteiger partial charge < -0.3 is 4.90 Å². The molecule has 0 aliphatic carbocycles. The van der Waals surface area contributed by atoms with Gasteiger partial charge in [-0.1, -0.05) is 12.1 Å². The van der Waals surface area contributed by atoms with Crippen LogP contribution in [0.15, 0.2) is 24.3 Å². The molecule has 0 unspecified atom stereocenters. The molecule has 19 heavy (non-hydrogen) atoms. The molecule has 0 saturated carbocycles. The molecule has 1 aliphatic rings. The number of hydrogen-bond acceptors (Lipinski definition) is 3. The SMILES string of the molecule is C[C@@H]1CCC[C@H](C)N1C(=O)c1ccccc1[N+](=O)[O-]. The van der Waals surface area contributed by atoms with Gasteiger partial charge in [-0.3, -0.25) is 14.9 Å². The number of carbonyl (C=O) groups excluding carboxylic acids is 1. The lowest BCUT2D eigenvalue weighted by atomic mass is 9.96. The van der Waals surface area contributed by atoms with Gasteiger partial charge in [0.15, 0.2) is 0 Å². The van der Waals surface area contributed by atoms with Crippen molar-refractivity contribution in [1.29, 1.82) is 0 Å². The molecule has 5 heteroatoms. The van der Waals surface area contributed by atoms with E-state index in [4.69, 9.17) is 0 Å². The van der Waals surface area contributed by atoms with Gasteiger partial charge in [-0.2, -0.15) is 0 Å². The van der Waals surface area contributed by atoms with Gasteiger partial charge in [-0.05, 0) is 39.2 Å². The number of nitrogens with zero attached hydrogens (tertiary/aromatic N) is 2. The minimum absolute atomic E-state index is 0.113. The van der Waals surface area contributed by atoms with Crippen LogP contribution in [-0.2, 0) is 0 Å². The molecule has 0 aromatic heterocycles. The third-order valence-electron chi connectivity index (χ3n) is 3.76. The average Bonchev–Trinajstić information content (AvgIpc) is 2.38. The second kappa shape index (κ2) is 5.38. The van der Waals surface area contributed by atoms with Crippen LogP contribution in [0.25, 0.3) is 0 Å². The summed E-state index contributed by atoms with van der Waals surface area (Å²) in [5.74, 6) is -0.230. The number of piperidine rings is 1. The van der Waals surface area contributed by atoms with Gasteiger partial charge >= 0.3 is 0 Å². The molecule has 1 fully saturated rings. The highest BCUT2D eigenvalue weighted by molar-refractivity contribution is 5.98. The Morgan fingerprint density at radius 2 is 1.84 bits per heavy atom. The number of likely N-dealkylation sites (tertiary alicyclic amines) is 1. The third kappa shape index (κ3) is 2.59. The van der Waals surface area contributed by atoms with Crippen LogP contribution in [0.4, 0.5) is 5.69 Å². The maximum absolute atomic E-state index is 12.6. The fourth-order valence-electron chi connectivity index (χ4n) is 2.77. The molecule has 1 amide bonds. The van der Waals surface area contributed by atoms with Crippen LogP contribution in [0.2, 0.25) is 0 Å². The Morgan fingerprint density at radius 1 is 1.26 bits per heavy atom. The van der Waals surface area contributed by atoms with Crippen LogP contribution in [0.5, 0.6) is 0 Å². The molecule has 1 heterocycles. The highest BCUT2D eigenvalue weighted by atomic mass is 16.6. The fraction of sp³-hybridized carbons (Fsp3) is 0.500. The molecule has 0 N–H and O–H groups in total. The topological polar surface area (TPSA) is 63.5 Å². The molecule has 2 rings (SSSR count). The molecule has 2 atom stereocenters. The largest absolute Gasteiger partial charge is 0.333 e. The van der Waals surface area contributed by atoms with Gasteiger partial charge in [0.25, 0.3) is 11.6 Å². The van der Waals surface area contributed by atoms with Gasteiger partial charge in [0.1, 0.15) is 5.56 Å². The van der Waals surface area contributed by atoms with Crippen molar-refractivity contribution >= 4 is 11.6 Å². The molecule has 1 saturated heterocycles. The lowest BCUT2D eigenvalue weighted by Crippen LogP contribution is -2.47. The van der Waals surface area contributed by atoms with Crippen molar-refractivity contribution in [1.82, 2.24) is 4.90 Å². The molecular weight excluding hydrogens is 244 g/mol. The van der Waals surface area contributed by atoms with Crippen molar-refractivity contribution in [2.24, 2.45) is 0 Å². The van der Waals surface area contributed by atoms with Gasteiger partial charge in [0.2, 0.25) is 0 Å². The molecule has 1 aromatic rings. The molecule has 0 bridgehead atoms. The summed E-state index contributed by atoms with van der Waals surface area (Å²) >= 11 is 0. The summed E-state index contributed by atoms with van der Waals surface area (Å²) in [7, 11) is 0. The first-order valence-corrected chi connectivity index (χ1v) is 6.58. The maximum atomic E-state index is 12.6. The van der Waals surface area contributed by atoms with Crippen LogP contribution in [-0.4, -0.2) is 27.8 Å². The minimum atomic E-state index is -0.494. The number of rotatable bonds is 2. The monoisotopic (exact) mass is 262 g/mol. The maximum Gasteiger partial charge on any atom is 0.282 e. The van der Waals surface area contributed by atoms with E-state index in [1.807, 2.05) is 13.8 Å². The molecule has 0 radical (unpaired) electrons. The second-order valence-electron chi connectivity index (χ2n) is 5.12. The van der Waals surface area contributed by atoms with Crippen molar-refractivity contribution < 1.29 is 9.72 Å². The van der Waals surface area contributed by atoms with Gasteiger partial charge in [0, 0.05) is 18.2 Å². The van der Waals surface area contributed by atoms with Crippen molar-refractivity contribution in [2.75, 3.05) is 0 Å². The zero-order chi connectivity index (χ0) is 14.0. The molecule has 5 nitrogen and oxygen atoms in total. The van der Waals surface area contributed by atoms with Crippen molar-refractivity contribution in [3.63, 3.8) is 0 Å². The van der Waals surface area contributed by atoms with Crippen LogP contribution in [0, 0.1) is 10.1 Å². The normalized spacial score (nSPS) is 23.2. The van der Waals surface area contributed by atoms with E-state index in [-0.39, 0.29) is 29.2 Å². The number of carbonyl (C=O) groups is 1. The van der Waals surface area contributed by atoms with E-state index in [1.165, 1.54) is 12.1 Å². The first-order chi connectivity index (χ1) is 9.02. The van der Waals surface area contributed by atoms with E-state index < -0.39 is 4.92 Å². The van der Waals surface area contributed by atoms with E-state index in [1.54, 1.807) is 17.0 Å². The molecule has 0 spiro atoms. The summed E-state index contributed by atoms with van der Waals surface area (Å²) in [4.78, 5) is 24.9. The van der Waals surface area contributed by atoms with Crippen molar-refractivity contribution in [3.8, 4) is 0 Å². The number of nitro groups is 1. The fourth-order valence-corrected chi connectivity index (χ4v) is 2.77. The van der Waals surface area contributed by atoms with E-state index in [2.05, 4.69) is 0 Å². The zero-order valence-corrected chi connectivity index (χ0v) is 11.2. The quantitative estimate of drug-likeness (QED) is 0.608. The predicted octanol–water partition coefficient (Wildman–Crippen LogP) is 3.00. The number of hydrogen-bond donors (Lipinski definition) is 0. The zero-order valence-electron chi connectivity index (χ0n) is 11.2. The second-order valence-corrected chi connectivity index (χ2v) is 5.12. The van der Waals surface area contributed by atoms with Crippen molar-refractivity contribution in [3.05, 3.63) is 39.9 Å². The summed E-state index contributed by atoms with van der Waals surface area (Å²) < 4.78 is 0. The average molecular weight is 262 g/mol. The Bertz CT molecular complexity index is 491. The highest BCUT2D eigenvalue weighted by Crippen LogP contribution is 2.27. The Hall–Kier alpha value is -1.91. The smallest absolute Gasteiger partial charge is 0.282 e. The summed E-state index contributed by atoms with van der Waals surface area (Å²) in [6, 6.07) is 6.44. The number of amides is 1. The Morgan fingerprint density at radius 3 is 2.42 bits per heavy atom. The van der Waals surface area contributed by atoms with E-state index in [0.29, 0.717) is 0 Å². The molecular formula is C14H18N2O3. The number of para-hydroxylation sites is 1. The lowest BCUT2D eigenvalue weighted by Gasteiger charge is -2.39. The van der Waals surface area contributed by atoms with E-state index >= 15 is 0 Å². The first-order valence-electron chi connectivity index (χ1n) is 6.58. The van der Waals surface area contributed by atoms with Gasteiger partial charge in [-0.25, -0.2) is 0 Å². The molecule has 102 valence electrons. The predicted molar refractivity (Wildman–Crippen MR) is 72.0 cm³/mol. The van der Waals surface area contributed by atoms with Crippen LogP contribution in [0.3, 0.4) is 0 Å². The summed E-state index contributed by atoms with van der Waals surface area (Å²) in [5.41, 5.74) is 0.0746. The third-order valence-corrected chi connectivity index (χ3v) is 3.76. The Balaban J connectivity index is 2.36. The standard InChI is InChI=1S/C14H18N2O3/c1-10-6-5-7-11(2)15(10)14(17)12-8-3-4-9-13(12)16(18)19/h3-4,8-11H,5-7H2,1-2H3/t10-,11+. The van der Waals surface area contributed by atoms with Gasteiger partial charge in [-0.15, -0.1) is 0 Å². The number of benzene rings is 1. The minimum Gasteiger partial charge on any atom is -0.333 e. The Labute approximate surface area is 112 Å². The summed E-state index contributed by atoms with van der Waals surface area (Å²) in [6.07, 6.45) is 3.01. The summed E-state index contributed by atoms with van der Waals surface area (Å²) in [6.45, 7) is 4.00. The van der Waals surface area contributed by atoms with Crippen LogP contribution in [0.1, 0.15) is 43.5 Å². The van der Waals surface area contributed by atoms with E-state index in [9.17, 15) is 14.9 Å². The molecule has 1 aromatic carbocycles. The first kappa shape index (κ1) is 13.5.